The summed E-state index contributed by atoms with van der Waals surface area (Å²) in [4.78, 5) is 11.3. The molecular weight excluding hydrogens is 222 g/mol. The highest BCUT2D eigenvalue weighted by atomic mass is 35.5. The van der Waals surface area contributed by atoms with Crippen LogP contribution in [0.25, 0.3) is 0 Å². The molecule has 0 amide bonds. The number of hydrogen-bond acceptors (Lipinski definition) is 3. The quantitative estimate of drug-likeness (QED) is 0.603. The van der Waals surface area contributed by atoms with Gasteiger partial charge in [-0.3, -0.25) is 0 Å². The van der Waals surface area contributed by atoms with Crippen molar-refractivity contribution in [3.63, 3.8) is 0 Å². The highest BCUT2D eigenvalue weighted by Gasteiger charge is 1.96. The monoisotopic (exact) mass is 231 g/mol. The molecule has 0 fully saturated rings. The Hall–Kier alpha value is -1.000. The van der Waals surface area contributed by atoms with Crippen LogP contribution in [0, 0.1) is 0 Å². The van der Waals surface area contributed by atoms with E-state index in [-0.39, 0.29) is 0 Å². The molecule has 0 saturated heterocycles. The first kappa shape index (κ1) is 11.1. The molecule has 0 aliphatic rings. The van der Waals surface area contributed by atoms with Crippen LogP contribution in [0.2, 0.25) is 4.34 Å². The van der Waals surface area contributed by atoms with Gasteiger partial charge in [0.15, 0.2) is 0 Å². The van der Waals surface area contributed by atoms with Gasteiger partial charge in [0.1, 0.15) is 0 Å². The molecule has 5 heteroatoms. The van der Waals surface area contributed by atoms with Crippen LogP contribution in [0.5, 0.6) is 0 Å². The van der Waals surface area contributed by atoms with Crippen molar-refractivity contribution < 1.29 is 9.90 Å². The highest BCUT2D eigenvalue weighted by Crippen LogP contribution is 2.21. The molecular formula is C9H10ClNO2S. The van der Waals surface area contributed by atoms with Gasteiger partial charge in [0.2, 0.25) is 0 Å². The number of nitrogens with one attached hydrogen (secondary N) is 1. The average molecular weight is 232 g/mol. The zero-order valence-corrected chi connectivity index (χ0v) is 8.94. The number of rotatable bonds is 5. The first-order valence-corrected chi connectivity index (χ1v) is 5.25. The Kier molecular flexibility index (Phi) is 4.49. The number of thiophene rings is 1. The third kappa shape index (κ3) is 4.30. The van der Waals surface area contributed by atoms with Gasteiger partial charge in [0, 0.05) is 23.7 Å². The Balaban J connectivity index is 2.19. The van der Waals surface area contributed by atoms with Gasteiger partial charge in [-0.15, -0.1) is 11.3 Å². The van der Waals surface area contributed by atoms with Gasteiger partial charge >= 0.3 is 5.97 Å². The summed E-state index contributed by atoms with van der Waals surface area (Å²) in [5.41, 5.74) is 0. The van der Waals surface area contributed by atoms with Gasteiger partial charge in [0.25, 0.3) is 0 Å². The second-order valence-electron chi connectivity index (χ2n) is 2.58. The maximum absolute atomic E-state index is 10.1. The van der Waals surface area contributed by atoms with Gasteiger partial charge in [-0.2, -0.15) is 0 Å². The number of hydrogen-bond donors (Lipinski definition) is 2. The highest BCUT2D eigenvalue weighted by molar-refractivity contribution is 7.16. The van der Waals surface area contributed by atoms with Crippen molar-refractivity contribution in [3.05, 3.63) is 33.6 Å². The lowest BCUT2D eigenvalue weighted by Crippen LogP contribution is -2.09. The maximum atomic E-state index is 10.1. The van der Waals surface area contributed by atoms with E-state index in [0.717, 1.165) is 16.8 Å². The van der Waals surface area contributed by atoms with Crippen molar-refractivity contribution in [2.75, 3.05) is 6.54 Å². The van der Waals surface area contributed by atoms with Gasteiger partial charge in [-0.1, -0.05) is 11.6 Å². The molecule has 0 aromatic carbocycles. The van der Waals surface area contributed by atoms with Crippen LogP contribution < -0.4 is 5.32 Å². The van der Waals surface area contributed by atoms with Crippen LogP contribution in [0.1, 0.15) is 4.88 Å². The van der Waals surface area contributed by atoms with Gasteiger partial charge < -0.3 is 10.4 Å². The standard InChI is InChI=1S/C9H10ClNO2S/c10-8-2-1-7(14-8)3-5-11-6-4-9(12)13/h1-2,4,6,11H,3,5H2,(H,12,13)/b6-4+. The summed E-state index contributed by atoms with van der Waals surface area (Å²) in [5.74, 6) is -0.948. The van der Waals surface area contributed by atoms with E-state index in [1.165, 1.54) is 22.4 Å². The Bertz CT molecular complexity index is 335. The van der Waals surface area contributed by atoms with E-state index in [1.807, 2.05) is 12.1 Å². The van der Waals surface area contributed by atoms with Crippen LogP contribution in [0.4, 0.5) is 0 Å². The maximum Gasteiger partial charge on any atom is 0.329 e. The molecule has 0 radical (unpaired) electrons. The fraction of sp³-hybridized carbons (Fsp3) is 0.222. The predicted molar refractivity (Wildman–Crippen MR) is 57.8 cm³/mol. The van der Waals surface area contributed by atoms with E-state index >= 15 is 0 Å². The van der Waals surface area contributed by atoms with E-state index in [4.69, 9.17) is 16.7 Å². The molecule has 14 heavy (non-hydrogen) atoms. The Labute approximate surface area is 91.0 Å². The van der Waals surface area contributed by atoms with Gasteiger partial charge in [0.05, 0.1) is 4.34 Å². The van der Waals surface area contributed by atoms with Crippen molar-refractivity contribution >= 4 is 28.9 Å². The summed E-state index contributed by atoms with van der Waals surface area (Å²) in [6.07, 6.45) is 3.35. The minimum absolute atomic E-state index is 0.709. The normalized spacial score (nSPS) is 10.6. The molecule has 76 valence electrons. The van der Waals surface area contributed by atoms with Crippen LogP contribution in [-0.4, -0.2) is 17.6 Å². The molecule has 0 saturated carbocycles. The van der Waals surface area contributed by atoms with Crippen molar-refractivity contribution in [1.29, 1.82) is 0 Å². The number of carbonyl (C=O) groups is 1. The molecule has 0 atom stereocenters. The van der Waals surface area contributed by atoms with Gasteiger partial charge in [-0.25, -0.2) is 4.79 Å². The third-order valence-electron chi connectivity index (χ3n) is 1.49. The summed E-state index contributed by atoms with van der Waals surface area (Å²) in [5, 5.41) is 11.2. The van der Waals surface area contributed by atoms with Gasteiger partial charge in [-0.05, 0) is 18.6 Å². The molecule has 1 aromatic rings. The molecule has 1 heterocycles. The smallest absolute Gasteiger partial charge is 0.329 e. The molecule has 0 unspecified atom stereocenters. The van der Waals surface area contributed by atoms with E-state index in [9.17, 15) is 4.79 Å². The molecule has 0 aliphatic heterocycles. The summed E-state index contributed by atoms with van der Waals surface area (Å²) in [6, 6.07) is 3.82. The van der Waals surface area contributed by atoms with E-state index in [1.54, 1.807) is 0 Å². The number of carboxylic acids is 1. The molecule has 3 nitrogen and oxygen atoms in total. The van der Waals surface area contributed by atoms with Crippen molar-refractivity contribution in [2.45, 2.75) is 6.42 Å². The van der Waals surface area contributed by atoms with Crippen LogP contribution >= 0.6 is 22.9 Å². The third-order valence-corrected chi connectivity index (χ3v) is 2.78. The predicted octanol–water partition coefficient (Wildman–Crippen LogP) is 2.13. The molecule has 2 N–H and O–H groups in total. The first-order valence-electron chi connectivity index (χ1n) is 4.05. The molecule has 1 aromatic heterocycles. The average Bonchev–Trinajstić information content (AvgIpc) is 2.50. The molecule has 1 rings (SSSR count). The zero-order valence-electron chi connectivity index (χ0n) is 7.37. The van der Waals surface area contributed by atoms with Crippen molar-refractivity contribution in [2.24, 2.45) is 0 Å². The number of aliphatic carboxylic acids is 1. The fourth-order valence-corrected chi connectivity index (χ4v) is 1.98. The largest absolute Gasteiger partial charge is 0.478 e. The van der Waals surface area contributed by atoms with Crippen LogP contribution in [-0.2, 0) is 11.2 Å². The summed E-state index contributed by atoms with van der Waals surface area (Å²) in [7, 11) is 0. The topological polar surface area (TPSA) is 49.3 Å². The van der Waals surface area contributed by atoms with Crippen molar-refractivity contribution in [1.82, 2.24) is 5.32 Å². The number of carboxylic acid groups (broad SMARTS) is 1. The minimum atomic E-state index is -0.948. The van der Waals surface area contributed by atoms with Crippen molar-refractivity contribution in [3.8, 4) is 0 Å². The second-order valence-corrected chi connectivity index (χ2v) is 4.38. The zero-order chi connectivity index (χ0) is 10.4. The summed E-state index contributed by atoms with van der Waals surface area (Å²) < 4.78 is 0.779. The Morgan fingerprint density at radius 2 is 2.43 bits per heavy atom. The molecule has 0 bridgehead atoms. The number of halogens is 1. The fourth-order valence-electron chi connectivity index (χ4n) is 0.895. The van der Waals surface area contributed by atoms with E-state index in [2.05, 4.69) is 5.32 Å². The Morgan fingerprint density at radius 3 is 3.00 bits per heavy atom. The lowest BCUT2D eigenvalue weighted by molar-refractivity contribution is -0.131. The van der Waals surface area contributed by atoms with E-state index in [0.29, 0.717) is 6.54 Å². The minimum Gasteiger partial charge on any atom is -0.478 e. The second kappa shape index (κ2) is 5.67. The molecule has 0 spiro atoms. The lowest BCUT2D eigenvalue weighted by Gasteiger charge is -1.96. The lowest BCUT2D eigenvalue weighted by atomic mass is 10.3. The van der Waals surface area contributed by atoms with Crippen LogP contribution in [0.15, 0.2) is 24.4 Å². The van der Waals surface area contributed by atoms with E-state index < -0.39 is 5.97 Å². The molecule has 0 aliphatic carbocycles. The SMILES string of the molecule is O=C(O)/C=C/NCCc1ccc(Cl)s1. The van der Waals surface area contributed by atoms with Crippen LogP contribution in [0.3, 0.4) is 0 Å². The summed E-state index contributed by atoms with van der Waals surface area (Å²) >= 11 is 7.29. The summed E-state index contributed by atoms with van der Waals surface area (Å²) in [6.45, 7) is 0.709. The Morgan fingerprint density at radius 1 is 1.64 bits per heavy atom. The first-order chi connectivity index (χ1) is 6.68.